The predicted octanol–water partition coefficient (Wildman–Crippen LogP) is 4.06. The van der Waals surface area contributed by atoms with Crippen LogP contribution in [0.4, 0.5) is 0 Å². The number of carbonyl (C=O) groups is 1. The fourth-order valence-electron chi connectivity index (χ4n) is 4.39. The van der Waals surface area contributed by atoms with E-state index in [4.69, 9.17) is 4.74 Å². The van der Waals surface area contributed by atoms with E-state index in [-0.39, 0.29) is 11.9 Å². The molecule has 1 aliphatic rings. The summed E-state index contributed by atoms with van der Waals surface area (Å²) in [6, 6.07) is 16.2. The molecule has 0 saturated carbocycles. The Morgan fingerprint density at radius 3 is 2.55 bits per heavy atom. The lowest BCUT2D eigenvalue weighted by Gasteiger charge is -2.29. The summed E-state index contributed by atoms with van der Waals surface area (Å²) in [5.41, 5.74) is 4.65. The molecule has 31 heavy (non-hydrogen) atoms. The van der Waals surface area contributed by atoms with Gasteiger partial charge in [0.1, 0.15) is 5.75 Å². The number of benzene rings is 2. The molecule has 1 N–H and O–H groups in total. The molecule has 162 valence electrons. The number of likely N-dealkylation sites (tertiary alicyclic amines) is 1. The van der Waals surface area contributed by atoms with E-state index in [1.54, 1.807) is 13.3 Å². The van der Waals surface area contributed by atoms with Gasteiger partial charge in [-0.05, 0) is 57.5 Å². The second-order valence-corrected chi connectivity index (χ2v) is 8.05. The number of aromatic nitrogens is 2. The monoisotopic (exact) mass is 418 g/mol. The molecule has 3 aromatic rings. The van der Waals surface area contributed by atoms with Crippen LogP contribution in [-0.2, 0) is 0 Å². The van der Waals surface area contributed by atoms with Gasteiger partial charge in [-0.3, -0.25) is 9.69 Å². The van der Waals surface area contributed by atoms with E-state index in [2.05, 4.69) is 21.4 Å². The maximum atomic E-state index is 13.1. The second kappa shape index (κ2) is 9.35. The third-order valence-corrected chi connectivity index (χ3v) is 6.13. The number of nitrogens with zero attached hydrogens (tertiary/aromatic N) is 3. The molecule has 1 aliphatic heterocycles. The first-order valence-corrected chi connectivity index (χ1v) is 10.9. The average molecular weight is 419 g/mol. The molecule has 0 radical (unpaired) electrons. The van der Waals surface area contributed by atoms with Crippen LogP contribution >= 0.6 is 0 Å². The van der Waals surface area contributed by atoms with Crippen molar-refractivity contribution >= 4 is 5.91 Å². The maximum Gasteiger partial charge on any atom is 0.254 e. The summed E-state index contributed by atoms with van der Waals surface area (Å²) in [5.74, 6) is 0.758. The summed E-state index contributed by atoms with van der Waals surface area (Å²) < 4.78 is 7.44. The SMILES string of the molecule is COc1ccccc1C(CNC(=O)c1cnn(-c2ccccc2C)c1C)N1CCCC1. The van der Waals surface area contributed by atoms with Gasteiger partial charge in [0, 0.05) is 12.1 Å². The van der Waals surface area contributed by atoms with Crippen molar-refractivity contribution in [3.63, 3.8) is 0 Å². The molecule has 1 aromatic heterocycles. The molecule has 2 heterocycles. The summed E-state index contributed by atoms with van der Waals surface area (Å²) in [6.45, 7) is 6.57. The Morgan fingerprint density at radius 2 is 1.81 bits per heavy atom. The third-order valence-electron chi connectivity index (χ3n) is 6.13. The van der Waals surface area contributed by atoms with Gasteiger partial charge in [-0.2, -0.15) is 5.10 Å². The minimum Gasteiger partial charge on any atom is -0.496 e. The highest BCUT2D eigenvalue weighted by atomic mass is 16.5. The van der Waals surface area contributed by atoms with Crippen LogP contribution in [-0.4, -0.2) is 47.3 Å². The zero-order chi connectivity index (χ0) is 21.8. The van der Waals surface area contributed by atoms with Crippen molar-refractivity contribution in [2.45, 2.75) is 32.7 Å². The van der Waals surface area contributed by atoms with Gasteiger partial charge in [-0.1, -0.05) is 36.4 Å². The Morgan fingerprint density at radius 1 is 1.10 bits per heavy atom. The Labute approximate surface area is 183 Å². The molecule has 1 amide bonds. The standard InChI is InChI=1S/C25H30N4O2/c1-18-10-4-6-12-22(18)29-19(2)21(16-27-29)25(30)26-17-23(28-14-8-9-15-28)20-11-5-7-13-24(20)31-3/h4-7,10-13,16,23H,8-9,14-15,17H2,1-3H3,(H,26,30). The minimum atomic E-state index is -0.101. The van der Waals surface area contributed by atoms with E-state index in [9.17, 15) is 4.79 Å². The van der Waals surface area contributed by atoms with Crippen LogP contribution < -0.4 is 10.1 Å². The molecule has 1 fully saturated rings. The van der Waals surface area contributed by atoms with Crippen molar-refractivity contribution in [1.82, 2.24) is 20.0 Å². The number of methoxy groups -OCH3 is 1. The Hall–Kier alpha value is -3.12. The van der Waals surface area contributed by atoms with Gasteiger partial charge >= 0.3 is 0 Å². The fourth-order valence-corrected chi connectivity index (χ4v) is 4.39. The molecular formula is C25H30N4O2. The van der Waals surface area contributed by atoms with Crippen LogP contribution in [0.3, 0.4) is 0 Å². The second-order valence-electron chi connectivity index (χ2n) is 8.05. The van der Waals surface area contributed by atoms with E-state index in [1.165, 1.54) is 12.8 Å². The number of carbonyl (C=O) groups excluding carboxylic acids is 1. The normalized spacial score (nSPS) is 15.1. The van der Waals surface area contributed by atoms with Crippen molar-refractivity contribution in [1.29, 1.82) is 0 Å². The van der Waals surface area contributed by atoms with Gasteiger partial charge in [-0.15, -0.1) is 0 Å². The molecular weight excluding hydrogens is 388 g/mol. The van der Waals surface area contributed by atoms with Gasteiger partial charge in [0.05, 0.1) is 36.3 Å². The van der Waals surface area contributed by atoms with Crippen LogP contribution in [0.1, 0.15) is 46.1 Å². The van der Waals surface area contributed by atoms with Crippen LogP contribution in [0.5, 0.6) is 5.75 Å². The lowest BCUT2D eigenvalue weighted by atomic mass is 10.0. The zero-order valence-electron chi connectivity index (χ0n) is 18.5. The Bertz CT molecular complexity index is 1050. The van der Waals surface area contributed by atoms with Gasteiger partial charge in [-0.25, -0.2) is 4.68 Å². The number of nitrogens with one attached hydrogen (secondary N) is 1. The summed E-state index contributed by atoms with van der Waals surface area (Å²) >= 11 is 0. The molecule has 2 aromatic carbocycles. The molecule has 0 spiro atoms. The van der Waals surface area contributed by atoms with E-state index < -0.39 is 0 Å². The molecule has 4 rings (SSSR count). The predicted molar refractivity (Wildman–Crippen MR) is 122 cm³/mol. The topological polar surface area (TPSA) is 59.4 Å². The highest BCUT2D eigenvalue weighted by Crippen LogP contribution is 2.31. The average Bonchev–Trinajstić information content (AvgIpc) is 3.45. The lowest BCUT2D eigenvalue weighted by molar-refractivity contribution is 0.0936. The van der Waals surface area contributed by atoms with Crippen molar-refractivity contribution in [3.05, 3.63) is 77.1 Å². The number of amides is 1. The first-order chi connectivity index (χ1) is 15.1. The molecule has 6 heteroatoms. The van der Waals surface area contributed by atoms with Crippen molar-refractivity contribution in [2.75, 3.05) is 26.7 Å². The van der Waals surface area contributed by atoms with E-state index in [0.29, 0.717) is 12.1 Å². The molecule has 1 saturated heterocycles. The van der Waals surface area contributed by atoms with Crippen molar-refractivity contribution in [2.24, 2.45) is 0 Å². The summed E-state index contributed by atoms with van der Waals surface area (Å²) in [4.78, 5) is 15.5. The molecule has 1 atom stereocenters. The minimum absolute atomic E-state index is 0.0781. The van der Waals surface area contributed by atoms with Crippen LogP contribution in [0.15, 0.2) is 54.7 Å². The van der Waals surface area contributed by atoms with Crippen LogP contribution in [0, 0.1) is 13.8 Å². The zero-order valence-corrected chi connectivity index (χ0v) is 18.5. The number of hydrogen-bond acceptors (Lipinski definition) is 4. The molecule has 1 unspecified atom stereocenters. The largest absolute Gasteiger partial charge is 0.496 e. The van der Waals surface area contributed by atoms with Crippen LogP contribution in [0.25, 0.3) is 5.69 Å². The smallest absolute Gasteiger partial charge is 0.254 e. The highest BCUT2D eigenvalue weighted by Gasteiger charge is 2.27. The van der Waals surface area contributed by atoms with E-state index in [1.807, 2.05) is 61.0 Å². The number of rotatable bonds is 7. The highest BCUT2D eigenvalue weighted by molar-refractivity contribution is 5.95. The first-order valence-electron chi connectivity index (χ1n) is 10.9. The number of para-hydroxylation sites is 2. The molecule has 0 aliphatic carbocycles. The molecule has 0 bridgehead atoms. The van der Waals surface area contributed by atoms with Crippen molar-refractivity contribution in [3.8, 4) is 11.4 Å². The third kappa shape index (κ3) is 4.35. The summed E-state index contributed by atoms with van der Waals surface area (Å²) in [5, 5.41) is 7.64. The van der Waals surface area contributed by atoms with Crippen LogP contribution in [0.2, 0.25) is 0 Å². The van der Waals surface area contributed by atoms with Gasteiger partial charge in [0.2, 0.25) is 0 Å². The fraction of sp³-hybridized carbons (Fsp3) is 0.360. The Balaban J connectivity index is 1.54. The number of ether oxygens (including phenoxy) is 1. The number of hydrogen-bond donors (Lipinski definition) is 1. The number of aryl methyl sites for hydroxylation is 1. The Kier molecular flexibility index (Phi) is 6.37. The van der Waals surface area contributed by atoms with Gasteiger partial charge in [0.15, 0.2) is 0 Å². The lowest BCUT2D eigenvalue weighted by Crippen LogP contribution is -2.37. The summed E-state index contributed by atoms with van der Waals surface area (Å²) in [7, 11) is 1.70. The van der Waals surface area contributed by atoms with E-state index >= 15 is 0 Å². The quantitative estimate of drug-likeness (QED) is 0.629. The van der Waals surface area contributed by atoms with Gasteiger partial charge < -0.3 is 10.1 Å². The van der Waals surface area contributed by atoms with Crippen molar-refractivity contribution < 1.29 is 9.53 Å². The molecule has 6 nitrogen and oxygen atoms in total. The maximum absolute atomic E-state index is 13.1. The van der Waals surface area contributed by atoms with Gasteiger partial charge in [0.25, 0.3) is 5.91 Å². The summed E-state index contributed by atoms with van der Waals surface area (Å²) in [6.07, 6.45) is 4.02. The van der Waals surface area contributed by atoms with E-state index in [0.717, 1.165) is 41.3 Å². The first kappa shape index (κ1) is 21.1.